The molecule has 0 saturated heterocycles. The third kappa shape index (κ3) is 17.1. The summed E-state index contributed by atoms with van der Waals surface area (Å²) < 4.78 is 21.5. The Bertz CT molecular complexity index is 2810. The van der Waals surface area contributed by atoms with Gasteiger partial charge in [-0.05, 0) is 113 Å². The number of rotatable bonds is 26. The van der Waals surface area contributed by atoms with Crippen LogP contribution in [0, 0.1) is 0 Å². The number of aliphatic imine (C=N–C) groups is 2. The fraction of sp³-hybridized carbons (Fsp3) is 0.360. The topological polar surface area (TPSA) is 413 Å². The summed E-state index contributed by atoms with van der Waals surface area (Å²) in [5.41, 5.74) is 26.8. The lowest BCUT2D eigenvalue weighted by atomic mass is 9.87. The van der Waals surface area contributed by atoms with Gasteiger partial charge in [0.05, 0.1) is 56.2 Å². The molecule has 17 N–H and O–H groups in total. The van der Waals surface area contributed by atoms with Crippen LogP contribution >= 0.6 is 0 Å². The molecule has 0 aliphatic heterocycles. The lowest BCUT2D eigenvalue weighted by molar-refractivity contribution is -0.125. The van der Waals surface area contributed by atoms with Gasteiger partial charge in [0.1, 0.15) is 41.1 Å². The molecule has 0 fully saturated rings. The molecule has 0 spiro atoms. The highest BCUT2D eigenvalue weighted by Crippen LogP contribution is 2.29. The van der Waals surface area contributed by atoms with E-state index >= 15 is 0 Å². The van der Waals surface area contributed by atoms with Gasteiger partial charge in [-0.15, -0.1) is 0 Å². The van der Waals surface area contributed by atoms with E-state index in [1.165, 1.54) is 96.9 Å². The minimum atomic E-state index is -1.26. The smallest absolute Gasteiger partial charge is 0.255 e. The zero-order valence-electron chi connectivity index (χ0n) is 43.2. The van der Waals surface area contributed by atoms with Gasteiger partial charge in [-0.2, -0.15) is 0 Å². The number of carbonyl (C=O) groups excluding carboxylic acids is 8. The molecule has 26 nitrogen and oxygen atoms in total. The molecule has 0 heterocycles. The van der Waals surface area contributed by atoms with Gasteiger partial charge in [-0.3, -0.25) is 48.3 Å². The SMILES string of the molecule is COC1=CCC(C)(NC(=O)[C@@H](CCCN=C(N)N)NC(=O)c2cc(NC(=O)[C@@H](CCCN=C(N)N)NC(=O)c3cc(NC(C)=O)ccc3OC)ccc2OC)C=C1C(=O)N[C@H](C)C(=O)Nc1ccc(OC)c(C(N)=O)c1. The highest BCUT2D eigenvalue weighted by molar-refractivity contribution is 6.06. The van der Waals surface area contributed by atoms with Gasteiger partial charge in [0, 0.05) is 37.1 Å². The maximum atomic E-state index is 14.3. The van der Waals surface area contributed by atoms with Crippen molar-refractivity contribution in [3.05, 3.63) is 94.8 Å². The Morgan fingerprint density at radius 3 is 1.49 bits per heavy atom. The molecular formula is C50H66N14O12. The summed E-state index contributed by atoms with van der Waals surface area (Å²) in [6.45, 7) is 4.61. The van der Waals surface area contributed by atoms with Crippen molar-refractivity contribution in [1.82, 2.24) is 21.3 Å². The van der Waals surface area contributed by atoms with Crippen LogP contribution in [0.25, 0.3) is 0 Å². The lowest BCUT2D eigenvalue weighted by Gasteiger charge is -2.33. The molecule has 3 aromatic carbocycles. The molecule has 1 unspecified atom stereocenters. The maximum Gasteiger partial charge on any atom is 0.255 e. The van der Waals surface area contributed by atoms with Gasteiger partial charge in [0.2, 0.25) is 23.6 Å². The fourth-order valence-corrected chi connectivity index (χ4v) is 7.63. The average Bonchev–Trinajstić information content (AvgIpc) is 3.37. The van der Waals surface area contributed by atoms with Crippen molar-refractivity contribution < 1.29 is 57.3 Å². The van der Waals surface area contributed by atoms with E-state index in [-0.39, 0.29) is 120 Å². The van der Waals surface area contributed by atoms with Gasteiger partial charge in [-0.25, -0.2) is 0 Å². The number of hydrogen-bond acceptors (Lipinski definition) is 14. The number of methoxy groups -OCH3 is 4. The molecule has 3 aromatic rings. The van der Waals surface area contributed by atoms with Crippen LogP contribution in [-0.4, -0.2) is 124 Å². The number of amides is 8. The predicted molar refractivity (Wildman–Crippen MR) is 283 cm³/mol. The summed E-state index contributed by atoms with van der Waals surface area (Å²) in [5, 5.41) is 19.0. The van der Waals surface area contributed by atoms with Crippen LogP contribution in [0.1, 0.15) is 83.9 Å². The van der Waals surface area contributed by atoms with E-state index in [1.807, 2.05) is 0 Å². The van der Waals surface area contributed by atoms with Crippen LogP contribution < -0.4 is 80.1 Å². The van der Waals surface area contributed by atoms with E-state index in [4.69, 9.17) is 47.6 Å². The number of hydrogen-bond donors (Lipinski definition) is 12. The van der Waals surface area contributed by atoms with Crippen molar-refractivity contribution in [1.29, 1.82) is 0 Å². The Hall–Kier alpha value is -9.36. The highest BCUT2D eigenvalue weighted by Gasteiger charge is 2.35. The zero-order chi connectivity index (χ0) is 56.3. The highest BCUT2D eigenvalue weighted by atomic mass is 16.5. The summed E-state index contributed by atoms with van der Waals surface area (Å²) in [4.78, 5) is 115. The van der Waals surface area contributed by atoms with Gasteiger partial charge < -0.3 is 84.8 Å². The Kier molecular flexibility index (Phi) is 21.5. The Labute approximate surface area is 438 Å². The van der Waals surface area contributed by atoms with Crippen molar-refractivity contribution in [2.75, 3.05) is 57.5 Å². The van der Waals surface area contributed by atoms with Crippen molar-refractivity contribution in [2.45, 2.75) is 76.5 Å². The molecule has 408 valence electrons. The molecule has 0 saturated carbocycles. The van der Waals surface area contributed by atoms with Crippen molar-refractivity contribution in [2.24, 2.45) is 38.7 Å². The molecule has 4 atom stereocenters. The molecule has 26 heteroatoms. The molecule has 76 heavy (non-hydrogen) atoms. The first-order valence-electron chi connectivity index (χ1n) is 23.6. The predicted octanol–water partition coefficient (Wildman–Crippen LogP) is 0.591. The first-order chi connectivity index (χ1) is 36.0. The number of carbonyl (C=O) groups is 8. The van der Waals surface area contributed by atoms with E-state index in [2.05, 4.69) is 47.2 Å². The van der Waals surface area contributed by atoms with Crippen molar-refractivity contribution >= 4 is 76.2 Å². The second-order valence-corrected chi connectivity index (χ2v) is 17.4. The molecule has 1 aliphatic carbocycles. The van der Waals surface area contributed by atoms with Crippen LogP contribution in [0.3, 0.4) is 0 Å². The second-order valence-electron chi connectivity index (χ2n) is 17.4. The number of ether oxygens (including phenoxy) is 4. The standard InChI is InChI=1S/C50H66N14O12/c1-26(42(67)60-29-13-15-37(73-4)31(22-29)41(51)66)58-45(70)34-25-50(3,19-18-40(34)76-7)64-47(72)36(11-9-21-57-49(54)55)63-44(69)33-24-30(14-17-39(33)75-6)61-46(71)35(10-8-20-56-48(52)53)62-43(68)32-23-28(59-27(2)65)12-16-38(32)74-5/h12-18,22-26,35-36H,8-11,19-21H2,1-7H3,(H2,51,66)(H,58,70)(H,59,65)(H,60,67)(H,61,71)(H,62,68)(H,63,69)(H,64,72)(H4,52,53,56)(H4,54,55,57)/t26-,35-,36-,50?/m1/s1. The molecule has 4 rings (SSSR count). The molecule has 0 bridgehead atoms. The van der Waals surface area contributed by atoms with E-state index in [9.17, 15) is 38.4 Å². The molecule has 1 aliphatic rings. The molecule has 0 radical (unpaired) electrons. The summed E-state index contributed by atoms with van der Waals surface area (Å²) in [6, 6.07) is 9.35. The summed E-state index contributed by atoms with van der Waals surface area (Å²) in [7, 11) is 5.39. The maximum absolute atomic E-state index is 14.3. The number of anilines is 3. The third-order valence-corrected chi connectivity index (χ3v) is 11.4. The molecule has 0 aromatic heterocycles. The Balaban J connectivity index is 1.57. The van der Waals surface area contributed by atoms with Crippen LogP contribution in [0.2, 0.25) is 0 Å². The minimum absolute atomic E-state index is 0.0138. The normalized spacial score (nSPS) is 14.7. The first-order valence-corrected chi connectivity index (χ1v) is 23.6. The number of guanidine groups is 2. The van der Waals surface area contributed by atoms with E-state index in [0.717, 1.165) is 0 Å². The Morgan fingerprint density at radius 2 is 1.04 bits per heavy atom. The van der Waals surface area contributed by atoms with Crippen LogP contribution in [0.15, 0.2) is 88.1 Å². The number of benzene rings is 3. The quantitative estimate of drug-likeness (QED) is 0.0297. The summed E-state index contributed by atoms with van der Waals surface area (Å²) in [6.07, 6.45) is 3.72. The second kappa shape index (κ2) is 27.6. The van der Waals surface area contributed by atoms with E-state index in [1.54, 1.807) is 19.1 Å². The van der Waals surface area contributed by atoms with Gasteiger partial charge in [-0.1, -0.05) is 0 Å². The van der Waals surface area contributed by atoms with Gasteiger partial charge in [0.15, 0.2) is 11.9 Å². The van der Waals surface area contributed by atoms with Crippen molar-refractivity contribution in [3.63, 3.8) is 0 Å². The number of nitrogens with two attached hydrogens (primary N) is 5. The van der Waals surface area contributed by atoms with Crippen LogP contribution in [-0.2, 0) is 28.7 Å². The third-order valence-electron chi connectivity index (χ3n) is 11.4. The van der Waals surface area contributed by atoms with E-state index in [0.29, 0.717) is 5.69 Å². The fourth-order valence-electron chi connectivity index (χ4n) is 7.63. The largest absolute Gasteiger partial charge is 0.496 e. The Morgan fingerprint density at radius 1 is 0.592 bits per heavy atom. The van der Waals surface area contributed by atoms with Gasteiger partial charge in [0.25, 0.3) is 23.6 Å². The lowest BCUT2D eigenvalue weighted by Crippen LogP contribution is -2.54. The van der Waals surface area contributed by atoms with Crippen molar-refractivity contribution in [3.8, 4) is 17.2 Å². The summed E-state index contributed by atoms with van der Waals surface area (Å²) >= 11 is 0. The number of nitrogens with zero attached hydrogens (tertiary/aromatic N) is 2. The average molecular weight is 1060 g/mol. The summed E-state index contributed by atoms with van der Waals surface area (Å²) in [5.74, 6) is -5.13. The monoisotopic (exact) mass is 1050 g/mol. The first kappa shape index (κ1) is 59.2. The van der Waals surface area contributed by atoms with E-state index < -0.39 is 65.0 Å². The van der Waals surface area contributed by atoms with Gasteiger partial charge >= 0.3 is 0 Å². The zero-order valence-corrected chi connectivity index (χ0v) is 43.2. The molecular weight excluding hydrogens is 989 g/mol. The number of primary amides is 1. The minimum Gasteiger partial charge on any atom is -0.496 e. The molecule has 8 amide bonds. The van der Waals surface area contributed by atoms with Crippen LogP contribution in [0.5, 0.6) is 17.2 Å². The van der Waals surface area contributed by atoms with Crippen LogP contribution in [0.4, 0.5) is 17.1 Å². The number of nitrogens with one attached hydrogen (secondary N) is 7.